The Hall–Kier alpha value is -1.31. The summed E-state index contributed by atoms with van der Waals surface area (Å²) in [5, 5.41) is 0. The molecule has 0 fully saturated rings. The standard InChI is InChI=1S/C8H10N2/c1-3-7(4-2)8-9-5-6-10-8/h3-7H,1-2H2,(H,9,10). The fourth-order valence-electron chi connectivity index (χ4n) is 0.779. The topological polar surface area (TPSA) is 28.7 Å². The zero-order valence-electron chi connectivity index (χ0n) is 5.75. The van der Waals surface area contributed by atoms with Gasteiger partial charge in [-0.1, -0.05) is 12.2 Å². The Balaban J connectivity index is 2.82. The summed E-state index contributed by atoms with van der Waals surface area (Å²) in [6, 6.07) is 0. The number of imidazole rings is 1. The van der Waals surface area contributed by atoms with Gasteiger partial charge in [-0.15, -0.1) is 13.2 Å². The van der Waals surface area contributed by atoms with E-state index < -0.39 is 0 Å². The van der Waals surface area contributed by atoms with Crippen LogP contribution in [0.4, 0.5) is 0 Å². The molecule has 1 N–H and O–H groups in total. The number of H-pyrrole nitrogens is 1. The maximum absolute atomic E-state index is 4.06. The average Bonchev–Trinajstić information content (AvgIpc) is 2.43. The molecule has 52 valence electrons. The number of allylic oxidation sites excluding steroid dienone is 2. The van der Waals surface area contributed by atoms with Gasteiger partial charge in [0.05, 0.1) is 5.92 Å². The minimum atomic E-state index is 0.148. The van der Waals surface area contributed by atoms with Crippen molar-refractivity contribution in [3.05, 3.63) is 43.5 Å². The van der Waals surface area contributed by atoms with Gasteiger partial charge in [-0.3, -0.25) is 0 Å². The van der Waals surface area contributed by atoms with E-state index in [2.05, 4.69) is 23.1 Å². The van der Waals surface area contributed by atoms with Crippen LogP contribution in [0.1, 0.15) is 11.7 Å². The van der Waals surface area contributed by atoms with Crippen molar-refractivity contribution in [3.63, 3.8) is 0 Å². The van der Waals surface area contributed by atoms with Crippen LogP contribution in [0.15, 0.2) is 37.7 Å². The number of aromatic nitrogens is 2. The number of hydrogen-bond donors (Lipinski definition) is 1. The molecule has 1 aromatic rings. The smallest absolute Gasteiger partial charge is 0.116 e. The Bertz CT molecular complexity index is 203. The van der Waals surface area contributed by atoms with Gasteiger partial charge >= 0.3 is 0 Å². The molecule has 0 radical (unpaired) electrons. The van der Waals surface area contributed by atoms with Crippen LogP contribution < -0.4 is 0 Å². The lowest BCUT2D eigenvalue weighted by Crippen LogP contribution is -1.91. The van der Waals surface area contributed by atoms with Crippen molar-refractivity contribution in [3.8, 4) is 0 Å². The summed E-state index contributed by atoms with van der Waals surface area (Å²) in [5.74, 6) is 1.04. The monoisotopic (exact) mass is 134 g/mol. The number of aromatic amines is 1. The van der Waals surface area contributed by atoms with Crippen molar-refractivity contribution in [2.75, 3.05) is 0 Å². The van der Waals surface area contributed by atoms with Crippen LogP contribution in [0.2, 0.25) is 0 Å². The Labute approximate surface area is 60.3 Å². The molecule has 0 amide bonds. The van der Waals surface area contributed by atoms with Gasteiger partial charge in [0.15, 0.2) is 0 Å². The molecule has 0 spiro atoms. The molecular formula is C8H10N2. The van der Waals surface area contributed by atoms with Gasteiger partial charge in [-0.05, 0) is 0 Å². The van der Waals surface area contributed by atoms with Gasteiger partial charge in [0.1, 0.15) is 5.82 Å². The van der Waals surface area contributed by atoms with Gasteiger partial charge in [-0.25, -0.2) is 4.98 Å². The summed E-state index contributed by atoms with van der Waals surface area (Å²) in [4.78, 5) is 7.05. The second-order valence-corrected chi connectivity index (χ2v) is 1.97. The SMILES string of the molecule is C=CC(C=C)c1ncc[nH]1. The lowest BCUT2D eigenvalue weighted by molar-refractivity contribution is 0.954. The third-order valence-electron chi connectivity index (χ3n) is 1.34. The van der Waals surface area contributed by atoms with E-state index in [1.807, 2.05) is 0 Å². The third-order valence-corrected chi connectivity index (χ3v) is 1.34. The molecular weight excluding hydrogens is 124 g/mol. The van der Waals surface area contributed by atoms with Crippen molar-refractivity contribution in [1.29, 1.82) is 0 Å². The Kier molecular flexibility index (Phi) is 2.05. The molecule has 0 saturated heterocycles. The minimum Gasteiger partial charge on any atom is -0.348 e. The fourth-order valence-corrected chi connectivity index (χ4v) is 0.779. The molecule has 10 heavy (non-hydrogen) atoms. The summed E-state index contributed by atoms with van der Waals surface area (Å²) in [7, 11) is 0. The number of nitrogens with one attached hydrogen (secondary N) is 1. The van der Waals surface area contributed by atoms with Gasteiger partial charge in [0, 0.05) is 12.4 Å². The molecule has 0 aliphatic carbocycles. The number of nitrogens with zero attached hydrogens (tertiary/aromatic N) is 1. The zero-order valence-corrected chi connectivity index (χ0v) is 5.75. The Morgan fingerprint density at radius 3 is 2.60 bits per heavy atom. The first-order chi connectivity index (χ1) is 4.88. The normalized spacial score (nSPS) is 9.70. The summed E-state index contributed by atoms with van der Waals surface area (Å²) >= 11 is 0. The lowest BCUT2D eigenvalue weighted by Gasteiger charge is -1.99. The van der Waals surface area contributed by atoms with E-state index in [9.17, 15) is 0 Å². The summed E-state index contributed by atoms with van der Waals surface area (Å²) in [6.07, 6.45) is 7.10. The van der Waals surface area contributed by atoms with E-state index in [1.165, 1.54) is 0 Å². The molecule has 0 aromatic carbocycles. The van der Waals surface area contributed by atoms with E-state index in [0.717, 1.165) is 5.82 Å². The first kappa shape index (κ1) is 6.81. The minimum absolute atomic E-state index is 0.148. The molecule has 0 bridgehead atoms. The highest BCUT2D eigenvalue weighted by molar-refractivity contribution is 5.12. The predicted molar refractivity (Wildman–Crippen MR) is 41.7 cm³/mol. The van der Waals surface area contributed by atoms with Crippen LogP contribution in [0.3, 0.4) is 0 Å². The fraction of sp³-hybridized carbons (Fsp3) is 0.125. The van der Waals surface area contributed by atoms with Gasteiger partial charge in [-0.2, -0.15) is 0 Å². The molecule has 2 nitrogen and oxygen atoms in total. The van der Waals surface area contributed by atoms with Crippen LogP contribution in [-0.2, 0) is 0 Å². The van der Waals surface area contributed by atoms with Crippen LogP contribution in [-0.4, -0.2) is 9.97 Å². The second-order valence-electron chi connectivity index (χ2n) is 1.97. The largest absolute Gasteiger partial charge is 0.348 e. The summed E-state index contributed by atoms with van der Waals surface area (Å²) in [5.41, 5.74) is 0. The maximum Gasteiger partial charge on any atom is 0.116 e. The first-order valence-electron chi connectivity index (χ1n) is 3.13. The first-order valence-corrected chi connectivity index (χ1v) is 3.13. The third kappa shape index (κ3) is 1.16. The molecule has 0 atom stereocenters. The quantitative estimate of drug-likeness (QED) is 0.628. The molecule has 2 heteroatoms. The van der Waals surface area contributed by atoms with Crippen LogP contribution in [0.25, 0.3) is 0 Å². The van der Waals surface area contributed by atoms with E-state index in [0.29, 0.717) is 0 Å². The highest BCUT2D eigenvalue weighted by Gasteiger charge is 2.02. The highest BCUT2D eigenvalue weighted by atomic mass is 14.9. The molecule has 0 unspecified atom stereocenters. The second kappa shape index (κ2) is 3.01. The lowest BCUT2D eigenvalue weighted by atomic mass is 10.1. The van der Waals surface area contributed by atoms with Gasteiger partial charge in [0.2, 0.25) is 0 Å². The van der Waals surface area contributed by atoms with Crippen molar-refractivity contribution in [2.24, 2.45) is 0 Å². The van der Waals surface area contributed by atoms with Crippen LogP contribution >= 0.6 is 0 Å². The molecule has 1 aromatic heterocycles. The molecule has 1 rings (SSSR count). The van der Waals surface area contributed by atoms with Crippen molar-refractivity contribution in [2.45, 2.75) is 5.92 Å². The van der Waals surface area contributed by atoms with Gasteiger partial charge in [0.25, 0.3) is 0 Å². The van der Waals surface area contributed by atoms with E-state index in [-0.39, 0.29) is 5.92 Å². The predicted octanol–water partition coefficient (Wildman–Crippen LogP) is 1.87. The molecule has 1 heterocycles. The zero-order chi connectivity index (χ0) is 7.40. The van der Waals surface area contributed by atoms with E-state index in [4.69, 9.17) is 0 Å². The van der Waals surface area contributed by atoms with Crippen molar-refractivity contribution in [1.82, 2.24) is 9.97 Å². The van der Waals surface area contributed by atoms with E-state index in [1.54, 1.807) is 24.5 Å². The number of hydrogen-bond acceptors (Lipinski definition) is 1. The van der Waals surface area contributed by atoms with Gasteiger partial charge < -0.3 is 4.98 Å². The summed E-state index contributed by atoms with van der Waals surface area (Å²) < 4.78 is 0. The molecule has 0 aliphatic heterocycles. The van der Waals surface area contributed by atoms with Crippen molar-refractivity contribution < 1.29 is 0 Å². The highest BCUT2D eigenvalue weighted by Crippen LogP contribution is 2.11. The van der Waals surface area contributed by atoms with Crippen molar-refractivity contribution >= 4 is 0 Å². The maximum atomic E-state index is 4.06. The Morgan fingerprint density at radius 1 is 1.50 bits per heavy atom. The average molecular weight is 134 g/mol. The summed E-state index contributed by atoms with van der Waals surface area (Å²) in [6.45, 7) is 7.31. The Morgan fingerprint density at radius 2 is 2.20 bits per heavy atom. The number of rotatable bonds is 3. The van der Waals surface area contributed by atoms with E-state index >= 15 is 0 Å². The van der Waals surface area contributed by atoms with Crippen LogP contribution in [0.5, 0.6) is 0 Å². The molecule has 0 saturated carbocycles. The van der Waals surface area contributed by atoms with Crippen LogP contribution in [0, 0.1) is 0 Å². The molecule has 0 aliphatic rings.